The first-order valence-corrected chi connectivity index (χ1v) is 9.28. The lowest BCUT2D eigenvalue weighted by atomic mass is 9.91. The van der Waals surface area contributed by atoms with Gasteiger partial charge in [-0.25, -0.2) is 0 Å². The SMILES string of the molecule is CN(CCNC(=O)[C@@H]1CSCN1C(=O)CC(C)(C)C)C1CC1. The maximum atomic E-state index is 12.4. The van der Waals surface area contributed by atoms with E-state index >= 15 is 0 Å². The predicted molar refractivity (Wildman–Crippen MR) is 90.7 cm³/mol. The summed E-state index contributed by atoms with van der Waals surface area (Å²) in [5.41, 5.74) is -0.0433. The van der Waals surface area contributed by atoms with E-state index in [0.717, 1.165) is 6.54 Å². The van der Waals surface area contributed by atoms with E-state index in [1.54, 1.807) is 16.7 Å². The summed E-state index contributed by atoms with van der Waals surface area (Å²) in [6.45, 7) is 7.70. The molecule has 2 amide bonds. The van der Waals surface area contributed by atoms with Gasteiger partial charge in [-0.1, -0.05) is 20.8 Å². The van der Waals surface area contributed by atoms with Crippen LogP contribution in [0.5, 0.6) is 0 Å². The van der Waals surface area contributed by atoms with Crippen molar-refractivity contribution in [2.75, 3.05) is 31.8 Å². The quantitative estimate of drug-likeness (QED) is 0.804. The molecule has 2 rings (SSSR count). The van der Waals surface area contributed by atoms with Crippen LogP contribution in [0.15, 0.2) is 0 Å². The topological polar surface area (TPSA) is 52.7 Å². The molecule has 0 radical (unpaired) electrons. The molecule has 0 aromatic carbocycles. The molecule has 1 aliphatic carbocycles. The van der Waals surface area contributed by atoms with Gasteiger partial charge in [-0.15, -0.1) is 11.8 Å². The van der Waals surface area contributed by atoms with E-state index in [2.05, 4.69) is 38.0 Å². The van der Waals surface area contributed by atoms with E-state index in [1.165, 1.54) is 12.8 Å². The van der Waals surface area contributed by atoms with Crippen LogP contribution in [0.25, 0.3) is 0 Å². The van der Waals surface area contributed by atoms with Crippen molar-refractivity contribution in [3.05, 3.63) is 0 Å². The fraction of sp³-hybridized carbons (Fsp3) is 0.875. The minimum atomic E-state index is -0.300. The second-order valence-electron chi connectivity index (χ2n) is 7.62. The number of thioether (sulfide) groups is 1. The van der Waals surface area contributed by atoms with E-state index in [4.69, 9.17) is 0 Å². The molecular formula is C16H29N3O2S. The number of carbonyl (C=O) groups excluding carboxylic acids is 2. The maximum Gasteiger partial charge on any atom is 0.243 e. The second-order valence-corrected chi connectivity index (χ2v) is 8.62. The Hall–Kier alpha value is -0.750. The fourth-order valence-electron chi connectivity index (χ4n) is 2.63. The summed E-state index contributed by atoms with van der Waals surface area (Å²) in [6.07, 6.45) is 3.04. The summed E-state index contributed by atoms with van der Waals surface area (Å²) >= 11 is 1.66. The highest BCUT2D eigenvalue weighted by Crippen LogP contribution is 2.27. The van der Waals surface area contributed by atoms with Crippen molar-refractivity contribution in [2.24, 2.45) is 5.41 Å². The molecule has 0 bridgehead atoms. The van der Waals surface area contributed by atoms with Gasteiger partial charge >= 0.3 is 0 Å². The van der Waals surface area contributed by atoms with Crippen LogP contribution in [-0.4, -0.2) is 65.5 Å². The number of nitrogens with zero attached hydrogens (tertiary/aromatic N) is 2. The third-order valence-corrected chi connectivity index (χ3v) is 5.13. The smallest absolute Gasteiger partial charge is 0.243 e. The molecule has 0 aromatic rings. The number of rotatable bonds is 6. The van der Waals surface area contributed by atoms with Gasteiger partial charge in [-0.3, -0.25) is 9.59 Å². The molecule has 1 saturated carbocycles. The van der Waals surface area contributed by atoms with E-state index in [-0.39, 0.29) is 23.3 Å². The molecule has 0 aromatic heterocycles. The zero-order chi connectivity index (χ0) is 16.3. The molecular weight excluding hydrogens is 298 g/mol. The Morgan fingerprint density at radius 2 is 2.00 bits per heavy atom. The Morgan fingerprint density at radius 3 is 2.59 bits per heavy atom. The monoisotopic (exact) mass is 327 g/mol. The average molecular weight is 327 g/mol. The standard InChI is InChI=1S/C16H29N3O2S/c1-16(2,3)9-14(20)19-11-22-10-13(19)15(21)17-7-8-18(4)12-5-6-12/h12-13H,5-11H2,1-4H3,(H,17,21)/t13-/m0/s1. The minimum absolute atomic E-state index is 0.00328. The van der Waals surface area contributed by atoms with Crippen molar-refractivity contribution >= 4 is 23.6 Å². The van der Waals surface area contributed by atoms with Gasteiger partial charge in [-0.2, -0.15) is 0 Å². The van der Waals surface area contributed by atoms with Crippen LogP contribution >= 0.6 is 11.8 Å². The van der Waals surface area contributed by atoms with Crippen LogP contribution in [0.1, 0.15) is 40.0 Å². The van der Waals surface area contributed by atoms with E-state index in [1.807, 2.05) is 0 Å². The first-order chi connectivity index (χ1) is 10.3. The number of hydrogen-bond acceptors (Lipinski definition) is 4. The highest BCUT2D eigenvalue weighted by molar-refractivity contribution is 7.99. The molecule has 1 aliphatic heterocycles. The molecule has 6 heteroatoms. The Labute approximate surface area is 138 Å². The molecule has 2 aliphatic rings. The Kier molecular flexibility index (Phi) is 5.77. The Balaban J connectivity index is 1.78. The molecule has 22 heavy (non-hydrogen) atoms. The maximum absolute atomic E-state index is 12.4. The van der Waals surface area contributed by atoms with Crippen LogP contribution in [0.3, 0.4) is 0 Å². The summed E-state index contributed by atoms with van der Waals surface area (Å²) < 4.78 is 0. The second kappa shape index (κ2) is 7.21. The van der Waals surface area contributed by atoms with Crippen molar-refractivity contribution < 1.29 is 9.59 Å². The molecule has 1 saturated heterocycles. The zero-order valence-corrected chi connectivity index (χ0v) is 15.0. The lowest BCUT2D eigenvalue weighted by Gasteiger charge is -2.27. The number of amides is 2. The van der Waals surface area contributed by atoms with Gasteiger partial charge in [0.15, 0.2) is 0 Å². The third kappa shape index (κ3) is 5.16. The van der Waals surface area contributed by atoms with Crippen LogP contribution in [0, 0.1) is 5.41 Å². The Bertz CT molecular complexity index is 418. The van der Waals surface area contributed by atoms with Crippen molar-refractivity contribution in [3.63, 3.8) is 0 Å². The third-order valence-electron chi connectivity index (χ3n) is 4.12. The van der Waals surface area contributed by atoms with Gasteiger partial charge in [0, 0.05) is 31.3 Å². The van der Waals surface area contributed by atoms with E-state index < -0.39 is 0 Å². The van der Waals surface area contributed by atoms with Gasteiger partial charge in [0.25, 0.3) is 0 Å². The lowest BCUT2D eigenvalue weighted by molar-refractivity contribution is -0.139. The number of carbonyl (C=O) groups is 2. The molecule has 5 nitrogen and oxygen atoms in total. The van der Waals surface area contributed by atoms with Crippen LogP contribution in [0.2, 0.25) is 0 Å². The summed E-state index contributed by atoms with van der Waals surface area (Å²) in [5, 5.41) is 3.00. The largest absolute Gasteiger partial charge is 0.353 e. The predicted octanol–water partition coefficient (Wildman–Crippen LogP) is 1.53. The molecule has 1 N–H and O–H groups in total. The van der Waals surface area contributed by atoms with Crippen molar-refractivity contribution in [2.45, 2.75) is 52.1 Å². The van der Waals surface area contributed by atoms with Gasteiger partial charge in [-0.05, 0) is 25.3 Å². The summed E-state index contributed by atoms with van der Waals surface area (Å²) in [4.78, 5) is 28.8. The Morgan fingerprint density at radius 1 is 1.32 bits per heavy atom. The fourth-order valence-corrected chi connectivity index (χ4v) is 3.81. The lowest BCUT2D eigenvalue weighted by Crippen LogP contribution is -2.49. The van der Waals surface area contributed by atoms with Crippen molar-refractivity contribution in [1.82, 2.24) is 15.1 Å². The summed E-state index contributed by atoms with van der Waals surface area (Å²) in [7, 11) is 2.11. The number of hydrogen-bond donors (Lipinski definition) is 1. The van der Waals surface area contributed by atoms with E-state index in [9.17, 15) is 9.59 Å². The molecule has 126 valence electrons. The highest BCUT2D eigenvalue weighted by atomic mass is 32.2. The molecule has 2 fully saturated rings. The molecule has 1 atom stereocenters. The zero-order valence-electron chi connectivity index (χ0n) is 14.2. The normalized spacial score (nSPS) is 22.2. The number of nitrogens with one attached hydrogen (secondary N) is 1. The first kappa shape index (κ1) is 17.6. The van der Waals surface area contributed by atoms with Crippen LogP contribution in [-0.2, 0) is 9.59 Å². The summed E-state index contributed by atoms with van der Waals surface area (Å²) in [5.74, 6) is 1.43. The van der Waals surface area contributed by atoms with Gasteiger partial charge in [0.05, 0.1) is 5.88 Å². The molecule has 0 spiro atoms. The van der Waals surface area contributed by atoms with Crippen molar-refractivity contribution in [1.29, 1.82) is 0 Å². The minimum Gasteiger partial charge on any atom is -0.353 e. The number of likely N-dealkylation sites (N-methyl/N-ethyl adjacent to an activating group) is 1. The van der Waals surface area contributed by atoms with E-state index in [0.29, 0.717) is 30.6 Å². The van der Waals surface area contributed by atoms with Crippen LogP contribution < -0.4 is 5.32 Å². The van der Waals surface area contributed by atoms with Gasteiger partial charge in [0.2, 0.25) is 11.8 Å². The average Bonchev–Trinajstić information content (AvgIpc) is 3.13. The van der Waals surface area contributed by atoms with Crippen molar-refractivity contribution in [3.8, 4) is 0 Å². The first-order valence-electron chi connectivity index (χ1n) is 8.13. The highest BCUT2D eigenvalue weighted by Gasteiger charge is 2.35. The van der Waals surface area contributed by atoms with Gasteiger partial charge in [0.1, 0.15) is 6.04 Å². The summed E-state index contributed by atoms with van der Waals surface area (Å²) in [6, 6.07) is 0.412. The van der Waals surface area contributed by atoms with Crippen LogP contribution in [0.4, 0.5) is 0 Å². The molecule has 0 unspecified atom stereocenters. The molecule has 1 heterocycles. The van der Waals surface area contributed by atoms with Gasteiger partial charge < -0.3 is 15.1 Å².